The van der Waals surface area contributed by atoms with E-state index in [-0.39, 0.29) is 17.9 Å². The molecule has 0 aromatic carbocycles. The first kappa shape index (κ1) is 14.0. The van der Waals surface area contributed by atoms with Crippen LogP contribution in [-0.2, 0) is 16.1 Å². The smallest absolute Gasteiger partial charge is 0.246 e. The SMILES string of the molecule is CN1C(=O)CCC(NCc2cn[nH]c2-c2cccs2)C1=O. The largest absolute Gasteiger partial charge is 0.302 e. The first-order valence-corrected chi connectivity index (χ1v) is 7.64. The second kappa shape index (κ2) is 5.79. The second-order valence-electron chi connectivity index (χ2n) is 5.01. The number of carbonyl (C=O) groups excluding carboxylic acids is 2. The molecular weight excluding hydrogens is 288 g/mol. The molecule has 3 heterocycles. The number of likely N-dealkylation sites (N-methyl/N-ethyl adjacent to an activating group) is 1. The van der Waals surface area contributed by atoms with Gasteiger partial charge in [-0.25, -0.2) is 0 Å². The fourth-order valence-electron chi connectivity index (χ4n) is 2.42. The number of aromatic amines is 1. The van der Waals surface area contributed by atoms with Gasteiger partial charge in [0, 0.05) is 25.6 Å². The Morgan fingerprint density at radius 3 is 3.14 bits per heavy atom. The number of rotatable bonds is 4. The summed E-state index contributed by atoms with van der Waals surface area (Å²) >= 11 is 1.64. The number of imide groups is 1. The van der Waals surface area contributed by atoms with E-state index < -0.39 is 0 Å². The summed E-state index contributed by atoms with van der Waals surface area (Å²) in [4.78, 5) is 25.8. The summed E-state index contributed by atoms with van der Waals surface area (Å²) in [5, 5.41) is 12.3. The molecule has 0 aliphatic carbocycles. The van der Waals surface area contributed by atoms with Gasteiger partial charge in [0.15, 0.2) is 0 Å². The maximum Gasteiger partial charge on any atom is 0.246 e. The van der Waals surface area contributed by atoms with E-state index in [1.807, 2.05) is 17.5 Å². The third kappa shape index (κ3) is 2.74. The monoisotopic (exact) mass is 304 g/mol. The van der Waals surface area contributed by atoms with Gasteiger partial charge in [-0.2, -0.15) is 5.10 Å². The van der Waals surface area contributed by atoms with Crippen molar-refractivity contribution in [2.24, 2.45) is 0 Å². The van der Waals surface area contributed by atoms with Gasteiger partial charge in [0.2, 0.25) is 11.8 Å². The molecule has 2 aromatic rings. The first-order chi connectivity index (χ1) is 10.2. The highest BCUT2D eigenvalue weighted by Crippen LogP contribution is 2.25. The number of nitrogens with one attached hydrogen (secondary N) is 2. The molecule has 1 unspecified atom stereocenters. The molecule has 2 aromatic heterocycles. The van der Waals surface area contributed by atoms with E-state index in [9.17, 15) is 9.59 Å². The topological polar surface area (TPSA) is 78.1 Å². The molecule has 0 radical (unpaired) electrons. The Morgan fingerprint density at radius 1 is 1.52 bits per heavy atom. The Morgan fingerprint density at radius 2 is 2.38 bits per heavy atom. The van der Waals surface area contributed by atoms with E-state index in [4.69, 9.17) is 0 Å². The second-order valence-corrected chi connectivity index (χ2v) is 5.96. The predicted molar refractivity (Wildman–Crippen MR) is 79.5 cm³/mol. The molecule has 1 saturated heterocycles. The van der Waals surface area contributed by atoms with Crippen LogP contribution in [0.15, 0.2) is 23.7 Å². The summed E-state index contributed by atoms with van der Waals surface area (Å²) in [5.74, 6) is -0.270. The van der Waals surface area contributed by atoms with Crippen LogP contribution in [0.4, 0.5) is 0 Å². The predicted octanol–water partition coefficient (Wildman–Crippen LogP) is 1.38. The molecule has 3 rings (SSSR count). The van der Waals surface area contributed by atoms with Crippen molar-refractivity contribution in [2.45, 2.75) is 25.4 Å². The highest BCUT2D eigenvalue weighted by Gasteiger charge is 2.31. The Hall–Kier alpha value is -1.99. The van der Waals surface area contributed by atoms with E-state index in [1.165, 1.54) is 11.9 Å². The number of thiophene rings is 1. The number of likely N-dealkylation sites (tertiary alicyclic amines) is 1. The molecule has 2 N–H and O–H groups in total. The molecule has 1 aliphatic rings. The van der Waals surface area contributed by atoms with Gasteiger partial charge in [-0.3, -0.25) is 19.6 Å². The first-order valence-electron chi connectivity index (χ1n) is 6.76. The Labute approximate surface area is 126 Å². The van der Waals surface area contributed by atoms with E-state index in [0.717, 1.165) is 16.1 Å². The highest BCUT2D eigenvalue weighted by atomic mass is 32.1. The molecule has 6 nitrogen and oxygen atoms in total. The van der Waals surface area contributed by atoms with Gasteiger partial charge in [0.1, 0.15) is 0 Å². The van der Waals surface area contributed by atoms with E-state index in [2.05, 4.69) is 15.5 Å². The molecule has 2 amide bonds. The van der Waals surface area contributed by atoms with Gasteiger partial charge >= 0.3 is 0 Å². The Balaban J connectivity index is 1.68. The van der Waals surface area contributed by atoms with Crippen molar-refractivity contribution in [3.05, 3.63) is 29.3 Å². The van der Waals surface area contributed by atoms with Crippen LogP contribution in [0.1, 0.15) is 18.4 Å². The van der Waals surface area contributed by atoms with Crippen molar-refractivity contribution in [1.29, 1.82) is 0 Å². The molecule has 0 saturated carbocycles. The molecule has 1 fully saturated rings. The van der Waals surface area contributed by atoms with Gasteiger partial charge in [0.25, 0.3) is 0 Å². The molecule has 1 aliphatic heterocycles. The third-order valence-corrected chi connectivity index (χ3v) is 4.56. The molecule has 21 heavy (non-hydrogen) atoms. The van der Waals surface area contributed by atoms with Crippen LogP contribution < -0.4 is 5.32 Å². The van der Waals surface area contributed by atoms with Crippen molar-refractivity contribution in [3.63, 3.8) is 0 Å². The van der Waals surface area contributed by atoms with Gasteiger partial charge in [-0.1, -0.05) is 6.07 Å². The van der Waals surface area contributed by atoms with Crippen LogP contribution >= 0.6 is 11.3 Å². The van der Waals surface area contributed by atoms with Crippen LogP contribution in [0.3, 0.4) is 0 Å². The fraction of sp³-hybridized carbons (Fsp3) is 0.357. The number of H-pyrrole nitrogens is 1. The lowest BCUT2D eigenvalue weighted by atomic mass is 10.0. The maximum absolute atomic E-state index is 12.0. The molecule has 1 atom stereocenters. The van der Waals surface area contributed by atoms with Crippen molar-refractivity contribution >= 4 is 23.2 Å². The summed E-state index contributed by atoms with van der Waals surface area (Å²) in [6.07, 6.45) is 2.72. The van der Waals surface area contributed by atoms with Gasteiger partial charge in [-0.05, 0) is 17.9 Å². The average molecular weight is 304 g/mol. The van der Waals surface area contributed by atoms with Gasteiger partial charge in [0.05, 0.1) is 22.8 Å². The molecule has 7 heteroatoms. The van der Waals surface area contributed by atoms with Crippen molar-refractivity contribution in [2.75, 3.05) is 7.05 Å². The fourth-order valence-corrected chi connectivity index (χ4v) is 3.17. The van der Waals surface area contributed by atoms with Crippen molar-refractivity contribution in [1.82, 2.24) is 20.4 Å². The minimum Gasteiger partial charge on any atom is -0.302 e. The number of hydrogen-bond acceptors (Lipinski definition) is 5. The van der Waals surface area contributed by atoms with Crippen molar-refractivity contribution in [3.8, 4) is 10.6 Å². The van der Waals surface area contributed by atoms with Crippen molar-refractivity contribution < 1.29 is 9.59 Å². The minimum atomic E-state index is -0.307. The molecule has 110 valence electrons. The lowest BCUT2D eigenvalue weighted by Gasteiger charge is -2.28. The van der Waals surface area contributed by atoms with E-state index in [1.54, 1.807) is 17.5 Å². The van der Waals surface area contributed by atoms with Crippen LogP contribution in [0.5, 0.6) is 0 Å². The number of amides is 2. The van der Waals surface area contributed by atoms with E-state index >= 15 is 0 Å². The van der Waals surface area contributed by atoms with Gasteiger partial charge in [-0.15, -0.1) is 11.3 Å². The van der Waals surface area contributed by atoms with Crippen LogP contribution in [0.2, 0.25) is 0 Å². The Bertz CT molecular complexity index is 650. The maximum atomic E-state index is 12.0. The van der Waals surface area contributed by atoms with Crippen LogP contribution in [0, 0.1) is 0 Å². The zero-order chi connectivity index (χ0) is 14.8. The normalized spacial score (nSPS) is 19.3. The van der Waals surface area contributed by atoms with Gasteiger partial charge < -0.3 is 5.32 Å². The summed E-state index contributed by atoms with van der Waals surface area (Å²) in [5.41, 5.74) is 2.00. The number of aromatic nitrogens is 2. The zero-order valence-corrected chi connectivity index (χ0v) is 12.4. The summed E-state index contributed by atoms with van der Waals surface area (Å²) in [7, 11) is 1.54. The lowest BCUT2D eigenvalue weighted by molar-refractivity contribution is -0.148. The number of nitrogens with zero attached hydrogens (tertiary/aromatic N) is 2. The zero-order valence-electron chi connectivity index (χ0n) is 11.6. The summed E-state index contributed by atoms with van der Waals surface area (Å²) < 4.78 is 0. The summed E-state index contributed by atoms with van der Waals surface area (Å²) in [6.45, 7) is 0.544. The number of piperidine rings is 1. The Kier molecular flexibility index (Phi) is 3.85. The third-order valence-electron chi connectivity index (χ3n) is 3.67. The van der Waals surface area contributed by atoms with Crippen LogP contribution in [-0.4, -0.2) is 40.0 Å². The highest BCUT2D eigenvalue weighted by molar-refractivity contribution is 7.13. The number of carbonyl (C=O) groups is 2. The minimum absolute atomic E-state index is 0.111. The molecule has 0 spiro atoms. The summed E-state index contributed by atoms with van der Waals surface area (Å²) in [6, 6.07) is 3.71. The lowest BCUT2D eigenvalue weighted by Crippen LogP contribution is -2.51. The molecule has 0 bridgehead atoms. The molecular formula is C14H16N4O2S. The number of hydrogen-bond donors (Lipinski definition) is 2. The quantitative estimate of drug-likeness (QED) is 0.836. The van der Waals surface area contributed by atoms with E-state index in [0.29, 0.717) is 19.4 Å². The van der Waals surface area contributed by atoms with Crippen LogP contribution in [0.25, 0.3) is 10.6 Å². The average Bonchev–Trinajstić information content (AvgIpc) is 3.14. The standard InChI is InChI=1S/C14H16N4O2S/c1-18-12(19)5-4-10(14(18)20)15-7-9-8-16-17-13(9)11-3-2-6-21-11/h2-3,6,8,10,15H,4-5,7H2,1H3,(H,16,17).